The molecule has 0 radical (unpaired) electrons. The SMILES string of the molecule is Cc1cccc(C)c1-c1cc(OC(Cc2ccccc2)C2CN(C(=O)OC(C)(C)C)CCN2)nc(NS(=O)(=O)c2cccc(C(=O)O)c2)n1. The predicted molar refractivity (Wildman–Crippen MR) is 185 cm³/mol. The number of carbonyl (C=O) groups excluding carboxylic acids is 1. The molecule has 0 bridgehead atoms. The number of aryl methyl sites for hydroxylation is 2. The van der Waals surface area contributed by atoms with Crippen molar-refractivity contribution >= 4 is 28.0 Å². The summed E-state index contributed by atoms with van der Waals surface area (Å²) in [6, 6.07) is 21.9. The molecule has 1 saturated heterocycles. The highest BCUT2D eigenvalue weighted by Gasteiger charge is 2.33. The molecule has 2 unspecified atom stereocenters. The number of amides is 1. The summed E-state index contributed by atoms with van der Waals surface area (Å²) in [5, 5.41) is 12.9. The van der Waals surface area contributed by atoms with E-state index >= 15 is 0 Å². The highest BCUT2D eigenvalue weighted by Crippen LogP contribution is 2.30. The van der Waals surface area contributed by atoms with E-state index < -0.39 is 33.8 Å². The number of nitrogens with zero attached hydrogens (tertiary/aromatic N) is 3. The molecular formula is C36H41N5O7S. The topological polar surface area (TPSA) is 160 Å². The second-order valence-corrected chi connectivity index (χ2v) is 14.6. The van der Waals surface area contributed by atoms with Crippen molar-refractivity contribution < 1.29 is 32.6 Å². The van der Waals surface area contributed by atoms with E-state index in [0.29, 0.717) is 31.7 Å². The quantitative estimate of drug-likeness (QED) is 0.195. The first-order valence-corrected chi connectivity index (χ1v) is 17.4. The van der Waals surface area contributed by atoms with Crippen LogP contribution in [0.25, 0.3) is 11.3 Å². The maximum atomic E-state index is 13.5. The standard InChI is InChI=1S/C36H41N5O7S/c1-23-11-9-12-24(2)32(23)28-21-31(39-34(38-28)40-49(45,46)27-16-10-15-26(20-27)33(42)43)47-30(19-25-13-7-6-8-14-25)29-22-41(18-17-37-29)35(44)48-36(3,4)5/h6-16,20-21,29-30,37H,17-19,22H2,1-5H3,(H,42,43)(H,38,39,40). The molecule has 1 aliphatic rings. The second-order valence-electron chi connectivity index (χ2n) is 13.0. The van der Waals surface area contributed by atoms with Crippen LogP contribution >= 0.6 is 0 Å². The molecule has 5 rings (SSSR count). The van der Waals surface area contributed by atoms with E-state index in [4.69, 9.17) is 9.47 Å². The number of nitrogens with one attached hydrogen (secondary N) is 2. The second kappa shape index (κ2) is 14.6. The summed E-state index contributed by atoms with van der Waals surface area (Å²) in [7, 11) is -4.30. The minimum atomic E-state index is -4.30. The highest BCUT2D eigenvalue weighted by molar-refractivity contribution is 7.92. The van der Waals surface area contributed by atoms with Crippen molar-refractivity contribution in [2.24, 2.45) is 0 Å². The Hall–Kier alpha value is -5.01. The van der Waals surface area contributed by atoms with Crippen molar-refractivity contribution in [1.29, 1.82) is 0 Å². The zero-order chi connectivity index (χ0) is 35.3. The molecule has 3 aromatic carbocycles. The number of ether oxygens (including phenoxy) is 2. The molecule has 258 valence electrons. The van der Waals surface area contributed by atoms with Gasteiger partial charge >= 0.3 is 12.1 Å². The maximum Gasteiger partial charge on any atom is 0.410 e. The van der Waals surface area contributed by atoms with Gasteiger partial charge in [-0.15, -0.1) is 0 Å². The van der Waals surface area contributed by atoms with E-state index in [-0.39, 0.29) is 28.3 Å². The van der Waals surface area contributed by atoms with Crippen LogP contribution in [0.1, 0.15) is 47.8 Å². The Morgan fingerprint density at radius 3 is 2.37 bits per heavy atom. The van der Waals surface area contributed by atoms with Crippen LogP contribution in [0.3, 0.4) is 0 Å². The van der Waals surface area contributed by atoms with E-state index in [1.54, 1.807) is 11.0 Å². The lowest BCUT2D eigenvalue weighted by molar-refractivity contribution is 0.0129. The van der Waals surface area contributed by atoms with Gasteiger partial charge in [-0.3, -0.25) is 0 Å². The van der Waals surface area contributed by atoms with E-state index in [2.05, 4.69) is 20.0 Å². The van der Waals surface area contributed by atoms with Gasteiger partial charge in [0.25, 0.3) is 10.0 Å². The Balaban J connectivity index is 1.54. The summed E-state index contributed by atoms with van der Waals surface area (Å²) >= 11 is 0. The van der Waals surface area contributed by atoms with Gasteiger partial charge in [0.1, 0.15) is 11.7 Å². The van der Waals surface area contributed by atoms with Crippen molar-refractivity contribution in [3.05, 3.63) is 101 Å². The number of piperazine rings is 1. The molecule has 0 aliphatic carbocycles. The number of aromatic nitrogens is 2. The van der Waals surface area contributed by atoms with E-state index in [0.717, 1.165) is 28.3 Å². The molecule has 4 aromatic rings. The molecule has 0 spiro atoms. The molecule has 1 amide bonds. The number of hydrogen-bond donors (Lipinski definition) is 3. The number of hydrogen-bond acceptors (Lipinski definition) is 9. The fourth-order valence-corrected chi connectivity index (χ4v) is 6.63. The van der Waals surface area contributed by atoms with Gasteiger partial charge in [0.05, 0.1) is 22.2 Å². The molecule has 49 heavy (non-hydrogen) atoms. The molecule has 12 nitrogen and oxygen atoms in total. The van der Waals surface area contributed by atoms with Gasteiger partial charge in [0, 0.05) is 37.7 Å². The lowest BCUT2D eigenvalue weighted by Gasteiger charge is -2.38. The average Bonchev–Trinajstić information content (AvgIpc) is 3.04. The van der Waals surface area contributed by atoms with Crippen LogP contribution in [-0.4, -0.2) is 77.8 Å². The monoisotopic (exact) mass is 687 g/mol. The number of anilines is 1. The van der Waals surface area contributed by atoms with Gasteiger partial charge in [0.15, 0.2) is 0 Å². The number of carboxylic acid groups (broad SMARTS) is 1. The van der Waals surface area contributed by atoms with Gasteiger partial charge in [-0.2, -0.15) is 4.98 Å². The van der Waals surface area contributed by atoms with Crippen LogP contribution < -0.4 is 14.8 Å². The van der Waals surface area contributed by atoms with Gasteiger partial charge in [-0.25, -0.2) is 27.7 Å². The van der Waals surface area contributed by atoms with Gasteiger partial charge in [0.2, 0.25) is 11.8 Å². The minimum absolute atomic E-state index is 0.113. The summed E-state index contributed by atoms with van der Waals surface area (Å²) in [6.07, 6.45) is -0.516. The van der Waals surface area contributed by atoms with Crippen molar-refractivity contribution in [3.63, 3.8) is 0 Å². The number of benzene rings is 3. The Bertz CT molecular complexity index is 1910. The largest absolute Gasteiger partial charge is 0.478 e. The van der Waals surface area contributed by atoms with Gasteiger partial charge in [-0.1, -0.05) is 54.6 Å². The van der Waals surface area contributed by atoms with E-state index in [1.165, 1.54) is 18.2 Å². The Morgan fingerprint density at radius 2 is 1.69 bits per heavy atom. The highest BCUT2D eigenvalue weighted by atomic mass is 32.2. The number of aromatic carboxylic acids is 1. The third-order valence-corrected chi connectivity index (χ3v) is 9.24. The van der Waals surface area contributed by atoms with Gasteiger partial charge in [-0.05, 0) is 69.5 Å². The van der Waals surface area contributed by atoms with Crippen LogP contribution in [0.2, 0.25) is 0 Å². The van der Waals surface area contributed by atoms with Gasteiger partial charge < -0.3 is 24.8 Å². The lowest BCUT2D eigenvalue weighted by atomic mass is 9.99. The van der Waals surface area contributed by atoms with Crippen molar-refractivity contribution in [1.82, 2.24) is 20.2 Å². The Kier molecular flexibility index (Phi) is 10.5. The molecule has 2 heterocycles. The summed E-state index contributed by atoms with van der Waals surface area (Å²) in [6.45, 7) is 10.6. The summed E-state index contributed by atoms with van der Waals surface area (Å²) in [5.41, 5.74) is 3.21. The van der Waals surface area contributed by atoms with Crippen LogP contribution in [0.15, 0.2) is 83.8 Å². The first-order valence-electron chi connectivity index (χ1n) is 15.9. The van der Waals surface area contributed by atoms with Crippen molar-refractivity contribution in [2.75, 3.05) is 24.4 Å². The number of carboxylic acids is 1. The number of rotatable bonds is 10. The number of sulfonamides is 1. The van der Waals surface area contributed by atoms with E-state index in [1.807, 2.05) is 83.1 Å². The average molecular weight is 688 g/mol. The Labute approximate surface area is 286 Å². The summed E-state index contributed by atoms with van der Waals surface area (Å²) in [5.74, 6) is -1.39. The molecule has 1 aliphatic heterocycles. The maximum absolute atomic E-state index is 13.5. The smallest absolute Gasteiger partial charge is 0.410 e. The van der Waals surface area contributed by atoms with Crippen LogP contribution in [-0.2, 0) is 21.2 Å². The van der Waals surface area contributed by atoms with Crippen LogP contribution in [0.4, 0.5) is 10.7 Å². The molecule has 0 saturated carbocycles. The third-order valence-electron chi connectivity index (χ3n) is 7.91. The molecule has 13 heteroatoms. The summed E-state index contributed by atoms with van der Waals surface area (Å²) in [4.78, 5) is 35.0. The number of carbonyl (C=O) groups is 2. The Morgan fingerprint density at radius 1 is 1.00 bits per heavy atom. The molecular weight excluding hydrogens is 646 g/mol. The first-order chi connectivity index (χ1) is 23.2. The first kappa shape index (κ1) is 35.3. The normalized spacial score (nSPS) is 15.7. The van der Waals surface area contributed by atoms with Crippen LogP contribution in [0, 0.1) is 13.8 Å². The van der Waals surface area contributed by atoms with Crippen molar-refractivity contribution in [3.8, 4) is 17.1 Å². The summed E-state index contributed by atoms with van der Waals surface area (Å²) < 4.78 is 41.7. The zero-order valence-corrected chi connectivity index (χ0v) is 29.0. The molecule has 2 atom stereocenters. The van der Waals surface area contributed by atoms with Crippen molar-refractivity contribution in [2.45, 2.75) is 63.7 Å². The third kappa shape index (κ3) is 9.12. The zero-order valence-electron chi connectivity index (χ0n) is 28.1. The molecule has 1 aromatic heterocycles. The molecule has 3 N–H and O–H groups in total. The molecule has 1 fully saturated rings. The van der Waals surface area contributed by atoms with E-state index in [9.17, 15) is 23.1 Å². The lowest BCUT2D eigenvalue weighted by Crippen LogP contribution is -2.59. The van der Waals surface area contributed by atoms with Crippen LogP contribution in [0.5, 0.6) is 5.88 Å². The predicted octanol–water partition coefficient (Wildman–Crippen LogP) is 5.46. The fourth-order valence-electron chi connectivity index (χ4n) is 5.64. The minimum Gasteiger partial charge on any atom is -0.478 e. The fraction of sp³-hybridized carbons (Fsp3) is 0.333.